The number of furan rings is 1. The van der Waals surface area contributed by atoms with Crippen molar-refractivity contribution in [3.05, 3.63) is 63.4 Å². The molecule has 0 aliphatic heterocycles. The summed E-state index contributed by atoms with van der Waals surface area (Å²) >= 11 is 0. The standard InChI is InChI=1S/C22H18N4O6S/c1-11-8-18(24-32-11)25-33(29,30)14-4-5-16-15(10-14)20-12-2-3-13(9-12)21(20)22(23-16)17-6-7-19(31-17)26(27)28/h4-8,10,12-13H,2-3,9H2,1H3,(H,24,25). The molecule has 1 aromatic carbocycles. The lowest BCUT2D eigenvalue weighted by atomic mass is 9.87. The first kappa shape index (κ1) is 19.9. The Morgan fingerprint density at radius 1 is 1.12 bits per heavy atom. The number of pyridine rings is 1. The molecule has 3 aromatic heterocycles. The van der Waals surface area contributed by atoms with E-state index in [2.05, 4.69) is 9.88 Å². The van der Waals surface area contributed by atoms with Gasteiger partial charge in [0, 0.05) is 11.5 Å². The van der Waals surface area contributed by atoms with E-state index in [0.29, 0.717) is 28.6 Å². The fourth-order valence-corrected chi connectivity index (χ4v) is 6.17. The topological polar surface area (TPSA) is 141 Å². The van der Waals surface area contributed by atoms with Crippen LogP contribution in [0.25, 0.3) is 22.4 Å². The number of sulfonamides is 1. The number of nitrogens with one attached hydrogen (secondary N) is 1. The molecule has 0 saturated heterocycles. The van der Waals surface area contributed by atoms with E-state index in [9.17, 15) is 18.5 Å². The van der Waals surface area contributed by atoms with Crippen LogP contribution in [0.4, 0.5) is 11.7 Å². The predicted molar refractivity (Wildman–Crippen MR) is 117 cm³/mol. The summed E-state index contributed by atoms with van der Waals surface area (Å²) in [6.45, 7) is 1.68. The molecule has 4 aromatic rings. The van der Waals surface area contributed by atoms with Gasteiger partial charge in [-0.05, 0) is 73.4 Å². The van der Waals surface area contributed by atoms with Gasteiger partial charge in [0.1, 0.15) is 16.4 Å². The molecule has 1 N–H and O–H groups in total. The molecule has 168 valence electrons. The van der Waals surface area contributed by atoms with Crippen LogP contribution in [0.3, 0.4) is 0 Å². The predicted octanol–water partition coefficient (Wildman–Crippen LogP) is 4.86. The minimum absolute atomic E-state index is 0.101. The average Bonchev–Trinajstić information content (AvgIpc) is 3.57. The molecule has 2 aliphatic carbocycles. The summed E-state index contributed by atoms with van der Waals surface area (Å²) in [7, 11) is -3.88. The van der Waals surface area contributed by atoms with Crippen molar-refractivity contribution in [3.8, 4) is 11.5 Å². The molecular formula is C22H18N4O6S. The maximum absolute atomic E-state index is 13.0. The molecule has 11 heteroatoms. The Labute approximate surface area is 187 Å². The van der Waals surface area contributed by atoms with Crippen molar-refractivity contribution >= 4 is 32.6 Å². The second-order valence-corrected chi connectivity index (χ2v) is 10.2. The molecule has 1 fully saturated rings. The fourth-order valence-electron chi connectivity index (χ4n) is 5.16. The number of fused-ring (bicyclic) bond motifs is 7. The van der Waals surface area contributed by atoms with E-state index in [1.54, 1.807) is 25.1 Å². The first-order chi connectivity index (χ1) is 15.8. The fraction of sp³-hybridized carbons (Fsp3) is 0.273. The highest BCUT2D eigenvalue weighted by Gasteiger charge is 2.41. The average molecular weight is 466 g/mol. The Hall–Kier alpha value is -3.73. The molecular weight excluding hydrogens is 448 g/mol. The van der Waals surface area contributed by atoms with Gasteiger partial charge < -0.3 is 8.94 Å². The van der Waals surface area contributed by atoms with Crippen LogP contribution in [-0.2, 0) is 10.0 Å². The van der Waals surface area contributed by atoms with E-state index < -0.39 is 14.9 Å². The van der Waals surface area contributed by atoms with Gasteiger partial charge in [-0.25, -0.2) is 13.4 Å². The lowest BCUT2D eigenvalue weighted by Gasteiger charge is -2.20. The minimum atomic E-state index is -3.88. The van der Waals surface area contributed by atoms with Gasteiger partial charge in [0.05, 0.1) is 16.5 Å². The summed E-state index contributed by atoms with van der Waals surface area (Å²) in [6, 6.07) is 9.19. The number of aryl methyl sites for hydroxylation is 1. The summed E-state index contributed by atoms with van der Waals surface area (Å²) in [5.74, 6) is 1.20. The van der Waals surface area contributed by atoms with E-state index in [1.165, 1.54) is 18.2 Å². The van der Waals surface area contributed by atoms with Gasteiger partial charge in [-0.15, -0.1) is 0 Å². The molecule has 2 atom stereocenters. The van der Waals surface area contributed by atoms with Gasteiger partial charge >= 0.3 is 5.88 Å². The van der Waals surface area contributed by atoms with Gasteiger partial charge in [0.25, 0.3) is 10.0 Å². The van der Waals surface area contributed by atoms with E-state index >= 15 is 0 Å². The number of nitro groups is 1. The Balaban J connectivity index is 1.51. The molecule has 2 bridgehead atoms. The first-order valence-electron chi connectivity index (χ1n) is 10.5. The van der Waals surface area contributed by atoms with Crippen LogP contribution in [0.2, 0.25) is 0 Å². The number of rotatable bonds is 5. The minimum Gasteiger partial charge on any atom is -0.399 e. The third-order valence-electron chi connectivity index (χ3n) is 6.47. The highest BCUT2D eigenvalue weighted by molar-refractivity contribution is 7.92. The van der Waals surface area contributed by atoms with Gasteiger partial charge in [-0.1, -0.05) is 5.16 Å². The van der Waals surface area contributed by atoms with Crippen molar-refractivity contribution in [3.63, 3.8) is 0 Å². The zero-order chi connectivity index (χ0) is 22.9. The molecule has 0 radical (unpaired) electrons. The van der Waals surface area contributed by atoms with Crippen molar-refractivity contribution in [2.24, 2.45) is 0 Å². The molecule has 3 heterocycles. The summed E-state index contributed by atoms with van der Waals surface area (Å²) < 4.78 is 38.8. The van der Waals surface area contributed by atoms with Gasteiger partial charge in [-0.2, -0.15) is 0 Å². The molecule has 33 heavy (non-hydrogen) atoms. The van der Waals surface area contributed by atoms with Crippen molar-refractivity contribution in [1.29, 1.82) is 0 Å². The SMILES string of the molecule is Cc1cc(NS(=O)(=O)c2ccc3nc(-c4ccc([N+](=O)[O-])o4)c4c(c3c2)C2CCC4C2)no1. The zero-order valence-electron chi connectivity index (χ0n) is 17.4. The van der Waals surface area contributed by atoms with E-state index in [1.807, 2.05) is 0 Å². The smallest absolute Gasteiger partial charge is 0.399 e. The Kier molecular flexibility index (Phi) is 4.15. The van der Waals surface area contributed by atoms with Crippen LogP contribution >= 0.6 is 0 Å². The van der Waals surface area contributed by atoms with E-state index in [0.717, 1.165) is 35.8 Å². The van der Waals surface area contributed by atoms with Gasteiger partial charge in [0.15, 0.2) is 11.6 Å². The van der Waals surface area contributed by atoms with E-state index in [-0.39, 0.29) is 22.5 Å². The summed E-state index contributed by atoms with van der Waals surface area (Å²) in [6.07, 6.45) is 2.98. The Morgan fingerprint density at radius 3 is 2.61 bits per heavy atom. The Bertz CT molecular complexity index is 1550. The Morgan fingerprint density at radius 2 is 1.91 bits per heavy atom. The van der Waals surface area contributed by atoms with Gasteiger partial charge in [-0.3, -0.25) is 14.8 Å². The molecule has 0 spiro atoms. The van der Waals surface area contributed by atoms with E-state index in [4.69, 9.17) is 13.9 Å². The van der Waals surface area contributed by atoms with Crippen LogP contribution in [0.5, 0.6) is 0 Å². The van der Waals surface area contributed by atoms with Crippen molar-refractivity contribution in [2.75, 3.05) is 4.72 Å². The third-order valence-corrected chi connectivity index (χ3v) is 7.82. The van der Waals surface area contributed by atoms with Crippen LogP contribution in [-0.4, -0.2) is 23.5 Å². The number of nitrogens with zero attached hydrogens (tertiary/aromatic N) is 3. The molecule has 0 amide bonds. The lowest BCUT2D eigenvalue weighted by molar-refractivity contribution is -0.401. The number of hydrogen-bond donors (Lipinski definition) is 1. The molecule has 2 unspecified atom stereocenters. The summed E-state index contributed by atoms with van der Waals surface area (Å²) in [4.78, 5) is 15.4. The molecule has 1 saturated carbocycles. The zero-order valence-corrected chi connectivity index (χ0v) is 18.3. The molecule has 10 nitrogen and oxygen atoms in total. The maximum atomic E-state index is 13.0. The molecule has 2 aliphatic rings. The number of aromatic nitrogens is 2. The number of benzene rings is 1. The first-order valence-corrected chi connectivity index (χ1v) is 12.0. The normalized spacial score (nSPS) is 19.2. The van der Waals surface area contributed by atoms with Gasteiger partial charge in [0.2, 0.25) is 0 Å². The summed E-state index contributed by atoms with van der Waals surface area (Å²) in [5, 5.41) is 15.6. The van der Waals surface area contributed by atoms with Crippen LogP contribution < -0.4 is 4.72 Å². The second-order valence-electron chi connectivity index (χ2n) is 8.50. The number of hydrogen-bond acceptors (Lipinski definition) is 8. The van der Waals surface area contributed by atoms with Crippen molar-refractivity contribution in [2.45, 2.75) is 42.9 Å². The highest BCUT2D eigenvalue weighted by Crippen LogP contribution is 2.57. The monoisotopic (exact) mass is 466 g/mol. The quantitative estimate of drug-likeness (QED) is 0.324. The lowest BCUT2D eigenvalue weighted by Crippen LogP contribution is -2.13. The van der Waals surface area contributed by atoms with Crippen LogP contribution in [0, 0.1) is 17.0 Å². The third kappa shape index (κ3) is 3.10. The van der Waals surface area contributed by atoms with Crippen LogP contribution in [0.15, 0.2) is 50.2 Å². The van der Waals surface area contributed by atoms with Crippen molar-refractivity contribution < 1.29 is 22.3 Å². The molecule has 6 rings (SSSR count). The maximum Gasteiger partial charge on any atom is 0.433 e. The van der Waals surface area contributed by atoms with Crippen molar-refractivity contribution in [1.82, 2.24) is 10.1 Å². The summed E-state index contributed by atoms with van der Waals surface area (Å²) in [5.41, 5.74) is 3.30. The van der Waals surface area contributed by atoms with Crippen LogP contribution in [0.1, 0.15) is 48.0 Å². The highest BCUT2D eigenvalue weighted by atomic mass is 32.2. The second kappa shape index (κ2) is 6.88. The largest absolute Gasteiger partial charge is 0.433 e. The number of anilines is 1.